The van der Waals surface area contributed by atoms with Crippen molar-refractivity contribution in [1.29, 1.82) is 0 Å². The van der Waals surface area contributed by atoms with Gasteiger partial charge in [-0.3, -0.25) is 0 Å². The Balaban J connectivity index is 0.993. The van der Waals surface area contributed by atoms with Crippen molar-refractivity contribution >= 4 is 35.7 Å². The Morgan fingerprint density at radius 2 is 0.712 bits per heavy atom. The zero-order chi connectivity index (χ0) is 36.9. The second-order valence-electron chi connectivity index (χ2n) is 14.3. The molecule has 5 fully saturated rings. The van der Waals surface area contributed by atoms with E-state index in [9.17, 15) is 28.8 Å². The predicted octanol–water partition coefficient (Wildman–Crippen LogP) is -3.34. The van der Waals surface area contributed by atoms with Crippen molar-refractivity contribution < 1.29 is 35.4 Å². The lowest BCUT2D eigenvalue weighted by Crippen LogP contribution is -2.58. The van der Waals surface area contributed by atoms with Crippen molar-refractivity contribution in [2.75, 3.05) is 26.4 Å². The highest BCUT2D eigenvalue weighted by Crippen LogP contribution is 2.27. The topological polar surface area (TPSA) is 219 Å². The largest absolute Gasteiger partial charge is 0.418 e. The summed E-state index contributed by atoms with van der Waals surface area (Å²) < 4.78 is 53.6. The van der Waals surface area contributed by atoms with E-state index in [2.05, 4.69) is 0 Å². The summed E-state index contributed by atoms with van der Waals surface area (Å²) in [7, 11) is -10.4. The Morgan fingerprint density at radius 3 is 0.942 bits per heavy atom. The molecule has 0 aliphatic carbocycles. The Labute approximate surface area is 302 Å². The van der Waals surface area contributed by atoms with Crippen LogP contribution in [0.3, 0.4) is 0 Å². The van der Waals surface area contributed by atoms with E-state index < -0.39 is 69.8 Å². The zero-order valence-electron chi connectivity index (χ0n) is 29.8. The molecule has 0 spiro atoms. The Bertz CT molecular complexity index is 1770. The molecule has 0 amide bonds. The summed E-state index contributed by atoms with van der Waals surface area (Å²) in [6.07, 6.45) is -0.134. The minimum Gasteiger partial charge on any atom is -0.418 e. The normalized spacial score (nSPS) is 32.3. The van der Waals surface area contributed by atoms with Crippen LogP contribution in [0.25, 0.3) is 0 Å². The van der Waals surface area contributed by atoms with Crippen molar-refractivity contribution in [3.05, 3.63) is 62.9 Å². The van der Waals surface area contributed by atoms with Crippen LogP contribution in [-0.4, -0.2) is 114 Å². The van der Waals surface area contributed by atoms with Gasteiger partial charge in [-0.15, -0.1) is 0 Å². The van der Waals surface area contributed by atoms with Gasteiger partial charge in [0.2, 0.25) is 0 Å². The van der Waals surface area contributed by atoms with Gasteiger partial charge in [0, 0.05) is 13.1 Å². The van der Waals surface area contributed by atoms with Crippen molar-refractivity contribution in [1.82, 2.24) is 27.4 Å². The molecule has 288 valence electrons. The van der Waals surface area contributed by atoms with Gasteiger partial charge in [-0.1, -0.05) is 0 Å². The van der Waals surface area contributed by atoms with Crippen LogP contribution in [0.4, 0.5) is 0 Å². The smallest absolute Gasteiger partial charge is 0.336 e. The highest BCUT2D eigenvalue weighted by atomic mass is 28.5. The Hall–Kier alpha value is -2.63. The molecule has 7 heterocycles. The summed E-state index contributed by atoms with van der Waals surface area (Å²) in [4.78, 5) is 79.3. The van der Waals surface area contributed by atoms with Gasteiger partial charge in [0.25, 0.3) is 0 Å². The van der Waals surface area contributed by atoms with E-state index in [0.29, 0.717) is 51.4 Å². The van der Waals surface area contributed by atoms with Crippen LogP contribution >= 0.6 is 0 Å². The molecule has 5 saturated heterocycles. The summed E-state index contributed by atoms with van der Waals surface area (Å²) in [5, 5.41) is 0. The monoisotopic (exact) mass is 802 g/mol. The van der Waals surface area contributed by atoms with Crippen LogP contribution in [0.2, 0.25) is 38.3 Å². The molecule has 5 aliphatic rings. The van der Waals surface area contributed by atoms with E-state index in [1.165, 1.54) is 0 Å². The lowest BCUT2D eigenvalue weighted by Gasteiger charge is -2.41. The van der Waals surface area contributed by atoms with E-state index in [0.717, 1.165) is 27.4 Å². The second kappa shape index (κ2) is 14.9. The van der Waals surface area contributed by atoms with Gasteiger partial charge < -0.3 is 35.4 Å². The van der Waals surface area contributed by atoms with Crippen molar-refractivity contribution in [2.24, 2.45) is 0 Å². The molecule has 24 heteroatoms. The predicted molar refractivity (Wildman–Crippen MR) is 190 cm³/mol. The number of rotatable bonds is 16. The average Bonchev–Trinajstić information content (AvgIpc) is 3.88. The summed E-state index contributed by atoms with van der Waals surface area (Å²) in [5.74, 6) is 0. The van der Waals surface area contributed by atoms with E-state index in [-0.39, 0.29) is 63.7 Å². The van der Waals surface area contributed by atoms with Gasteiger partial charge in [0.1, 0.15) is 0 Å². The van der Waals surface area contributed by atoms with Crippen LogP contribution in [0.15, 0.2) is 28.8 Å². The maximum absolute atomic E-state index is 13.3. The van der Waals surface area contributed by atoms with Gasteiger partial charge in [-0.25, -0.2) is 56.2 Å². The van der Waals surface area contributed by atoms with E-state index in [1.807, 2.05) is 26.2 Å². The van der Waals surface area contributed by atoms with E-state index in [4.69, 9.17) is 35.4 Å². The number of aromatic nitrogens is 6. The molecule has 0 saturated carbocycles. The molecule has 0 radical (unpaired) electrons. The summed E-state index contributed by atoms with van der Waals surface area (Å²) in [5.41, 5.74) is -4.00. The zero-order valence-corrected chi connectivity index (χ0v) is 34.1. The van der Waals surface area contributed by atoms with Crippen LogP contribution in [0, 0.1) is 0 Å². The molecule has 4 unspecified atom stereocenters. The van der Waals surface area contributed by atoms with Gasteiger partial charge in [0.05, 0.1) is 77.0 Å². The minimum absolute atomic E-state index is 0.0696. The number of hydrogen-bond acceptors (Lipinski definition) is 14. The van der Waals surface area contributed by atoms with Gasteiger partial charge in [-0.2, -0.15) is 0 Å². The molecule has 0 bridgehead atoms. The van der Waals surface area contributed by atoms with E-state index >= 15 is 0 Å². The quantitative estimate of drug-likeness (QED) is 0.120. The first-order valence-electron chi connectivity index (χ1n) is 17.8. The molecule has 7 rings (SSSR count). The van der Waals surface area contributed by atoms with Crippen molar-refractivity contribution in [3.8, 4) is 0 Å². The molecule has 20 nitrogen and oxygen atoms in total. The maximum atomic E-state index is 13.3. The first-order chi connectivity index (χ1) is 24.7. The Morgan fingerprint density at radius 1 is 0.481 bits per heavy atom. The number of ether oxygens (including phenoxy) is 4. The summed E-state index contributed by atoms with van der Waals surface area (Å²) >= 11 is 0. The summed E-state index contributed by atoms with van der Waals surface area (Å²) in [6, 6.07) is 0.912. The Kier molecular flexibility index (Phi) is 10.8. The van der Waals surface area contributed by atoms with Crippen LogP contribution in [0.5, 0.6) is 0 Å². The van der Waals surface area contributed by atoms with E-state index in [1.54, 1.807) is 0 Å². The first kappa shape index (κ1) is 37.7. The third-order valence-electron chi connectivity index (χ3n) is 9.61. The number of nitrogens with zero attached hydrogens (tertiary/aromatic N) is 6. The fraction of sp³-hybridized carbons (Fsp3) is 0.786. The lowest BCUT2D eigenvalue weighted by atomic mass is 10.4. The highest BCUT2D eigenvalue weighted by molar-refractivity contribution is 6.85. The fourth-order valence-corrected chi connectivity index (χ4v) is 24.2. The lowest BCUT2D eigenvalue weighted by molar-refractivity contribution is 0.254. The van der Waals surface area contributed by atoms with Gasteiger partial charge in [-0.05, 0) is 51.1 Å². The SMILES string of the molecule is C[SiH]1O[Si](C)(CCCn2c(=O)n(CC3CO3)c(=O)n(CC3CO3)c2=O)O[SiH](C)O[Si](C)(CCCn2c(=O)n(CC3CO3)c(=O)n(CC3CO3)c2=O)O1. The highest BCUT2D eigenvalue weighted by Gasteiger charge is 2.45. The standard InChI is InChI=1S/C28H46N6O14Si4/c1-49-45-51(3,9-5-7-29-23(35)31(11-19-15-41-19)27(39)32(24(29)36)12-20-16-42-20)47-50(2)48-52(4,46-49)10-6-8-30-25(37)33(13-21-17-43-21)28(40)34(26(30)38)14-22-18-44-22/h19-22,49-50H,5-18H2,1-4H3. The molecular weight excluding hydrogens is 757 g/mol. The molecular formula is C28H46N6O14Si4. The molecule has 0 N–H and O–H groups in total. The van der Waals surface area contributed by atoms with Gasteiger partial charge in [0.15, 0.2) is 0 Å². The fourth-order valence-electron chi connectivity index (χ4n) is 6.74. The van der Waals surface area contributed by atoms with Crippen molar-refractivity contribution in [2.45, 2.75) is 115 Å². The number of epoxide rings is 4. The van der Waals surface area contributed by atoms with Crippen molar-refractivity contribution in [3.63, 3.8) is 0 Å². The van der Waals surface area contributed by atoms with Crippen LogP contribution < -0.4 is 34.1 Å². The first-order valence-corrected chi connectivity index (χ1v) is 27.0. The third-order valence-corrected chi connectivity index (χ3v) is 25.4. The van der Waals surface area contributed by atoms with Gasteiger partial charge >= 0.3 is 69.8 Å². The summed E-state index contributed by atoms with van der Waals surface area (Å²) in [6.45, 7) is 9.95. The molecule has 2 aromatic rings. The maximum Gasteiger partial charge on any atom is 0.336 e. The third kappa shape index (κ3) is 8.83. The number of hydrogen-bond donors (Lipinski definition) is 0. The van der Waals surface area contributed by atoms with Crippen LogP contribution in [0.1, 0.15) is 12.8 Å². The molecule has 5 aliphatic heterocycles. The van der Waals surface area contributed by atoms with Crippen LogP contribution in [-0.2, 0) is 74.7 Å². The molecule has 4 atom stereocenters. The second-order valence-corrected chi connectivity index (χ2v) is 25.9. The molecule has 2 aromatic heterocycles. The minimum atomic E-state index is -2.88. The molecule has 52 heavy (non-hydrogen) atoms. The average molecular weight is 803 g/mol. The molecule has 0 aromatic carbocycles.